The van der Waals surface area contributed by atoms with Crippen LogP contribution in [0.5, 0.6) is 5.75 Å². The first-order chi connectivity index (χ1) is 15.5. The Balaban J connectivity index is 1.49. The highest BCUT2D eigenvalue weighted by Gasteiger charge is 2.37. The van der Waals surface area contributed by atoms with E-state index in [0.717, 1.165) is 22.6 Å². The molecule has 2 aromatic carbocycles. The summed E-state index contributed by atoms with van der Waals surface area (Å²) in [5, 5.41) is 12.1. The SMILES string of the molecule is CCOC(CCc1ccc(OCCC2(c3ccccc3)NC=C(C)O2)cc1)OCC(=O)O. The Kier molecular flexibility index (Phi) is 8.53. The third-order valence-corrected chi connectivity index (χ3v) is 5.14. The second kappa shape index (κ2) is 11.5. The number of carboxylic acid groups (broad SMARTS) is 1. The number of aliphatic carboxylic acids is 1. The van der Waals surface area contributed by atoms with E-state index < -0.39 is 18.0 Å². The Hall–Kier alpha value is -3.03. The molecule has 0 aliphatic carbocycles. The number of hydrogen-bond acceptors (Lipinski definition) is 6. The van der Waals surface area contributed by atoms with Crippen molar-refractivity contribution in [1.82, 2.24) is 5.32 Å². The summed E-state index contributed by atoms with van der Waals surface area (Å²) in [6.07, 6.45) is 3.29. The number of nitrogens with one attached hydrogen (secondary N) is 1. The van der Waals surface area contributed by atoms with Crippen molar-refractivity contribution in [2.24, 2.45) is 0 Å². The van der Waals surface area contributed by atoms with Crippen LogP contribution in [0.2, 0.25) is 0 Å². The van der Waals surface area contributed by atoms with E-state index >= 15 is 0 Å². The standard InChI is InChI=1S/C25H31NO6/c1-3-29-24(31-18-23(27)28)14-11-20-9-12-22(13-10-20)30-16-15-25(26-17-19(2)32-25)21-7-5-4-6-8-21/h4-10,12-13,17,24,26H,3,11,14-16,18H2,1-2H3,(H,27,28). The number of rotatable bonds is 13. The topological polar surface area (TPSA) is 86.3 Å². The average Bonchev–Trinajstić information content (AvgIpc) is 3.19. The second-order valence-electron chi connectivity index (χ2n) is 7.57. The summed E-state index contributed by atoms with van der Waals surface area (Å²) < 4.78 is 22.8. The van der Waals surface area contributed by atoms with Crippen molar-refractivity contribution in [2.75, 3.05) is 19.8 Å². The van der Waals surface area contributed by atoms with Gasteiger partial charge in [0, 0.05) is 31.2 Å². The fourth-order valence-corrected chi connectivity index (χ4v) is 3.58. The molecule has 0 spiro atoms. The monoisotopic (exact) mass is 441 g/mol. The van der Waals surface area contributed by atoms with E-state index in [2.05, 4.69) is 5.32 Å². The van der Waals surface area contributed by atoms with Gasteiger partial charge in [0.1, 0.15) is 18.1 Å². The Morgan fingerprint density at radius 3 is 2.50 bits per heavy atom. The van der Waals surface area contributed by atoms with Crippen LogP contribution in [0.1, 0.15) is 37.8 Å². The molecule has 2 aromatic rings. The predicted octanol–water partition coefficient (Wildman–Crippen LogP) is 4.19. The summed E-state index contributed by atoms with van der Waals surface area (Å²) >= 11 is 0. The van der Waals surface area contributed by atoms with Crippen molar-refractivity contribution in [1.29, 1.82) is 0 Å². The minimum atomic E-state index is -1.01. The van der Waals surface area contributed by atoms with E-state index in [-0.39, 0.29) is 6.61 Å². The van der Waals surface area contributed by atoms with Gasteiger partial charge in [-0.25, -0.2) is 4.79 Å². The number of benzene rings is 2. The van der Waals surface area contributed by atoms with Gasteiger partial charge in [0.05, 0.1) is 6.61 Å². The molecule has 32 heavy (non-hydrogen) atoms. The molecule has 0 saturated carbocycles. The lowest BCUT2D eigenvalue weighted by Crippen LogP contribution is -2.39. The molecule has 3 rings (SSSR count). The van der Waals surface area contributed by atoms with E-state index in [1.165, 1.54) is 0 Å². The third kappa shape index (κ3) is 6.73. The molecular formula is C25H31NO6. The van der Waals surface area contributed by atoms with Gasteiger partial charge < -0.3 is 29.4 Å². The number of aryl methyl sites for hydroxylation is 1. The lowest BCUT2D eigenvalue weighted by atomic mass is 10.00. The van der Waals surface area contributed by atoms with Gasteiger partial charge >= 0.3 is 5.97 Å². The number of carbonyl (C=O) groups is 1. The maximum atomic E-state index is 10.7. The van der Waals surface area contributed by atoms with Crippen LogP contribution in [0, 0.1) is 0 Å². The molecule has 0 saturated heterocycles. The lowest BCUT2D eigenvalue weighted by molar-refractivity contribution is -0.168. The first-order valence-electron chi connectivity index (χ1n) is 10.9. The van der Waals surface area contributed by atoms with Crippen LogP contribution in [0.15, 0.2) is 66.6 Å². The first kappa shape index (κ1) is 23.6. The highest BCUT2D eigenvalue weighted by molar-refractivity contribution is 5.68. The molecule has 0 aromatic heterocycles. The molecule has 1 heterocycles. The zero-order chi connectivity index (χ0) is 22.8. The van der Waals surface area contributed by atoms with Crippen LogP contribution in [0.4, 0.5) is 0 Å². The van der Waals surface area contributed by atoms with Crippen molar-refractivity contribution in [3.63, 3.8) is 0 Å². The molecule has 172 valence electrons. The molecule has 0 fully saturated rings. The van der Waals surface area contributed by atoms with Gasteiger partial charge in [0.15, 0.2) is 6.29 Å². The zero-order valence-electron chi connectivity index (χ0n) is 18.6. The molecule has 2 unspecified atom stereocenters. The van der Waals surface area contributed by atoms with Gasteiger partial charge in [-0.1, -0.05) is 42.5 Å². The summed E-state index contributed by atoms with van der Waals surface area (Å²) in [7, 11) is 0. The van der Waals surface area contributed by atoms with Gasteiger partial charge in [-0.2, -0.15) is 0 Å². The predicted molar refractivity (Wildman–Crippen MR) is 120 cm³/mol. The second-order valence-corrected chi connectivity index (χ2v) is 7.57. The molecular weight excluding hydrogens is 410 g/mol. The quantitative estimate of drug-likeness (QED) is 0.451. The van der Waals surface area contributed by atoms with E-state index in [1.807, 2.05) is 74.6 Å². The Morgan fingerprint density at radius 1 is 1.12 bits per heavy atom. The normalized spacial score (nSPS) is 18.4. The van der Waals surface area contributed by atoms with Crippen molar-refractivity contribution in [3.8, 4) is 5.75 Å². The van der Waals surface area contributed by atoms with Gasteiger partial charge in [-0.3, -0.25) is 0 Å². The van der Waals surface area contributed by atoms with Crippen LogP contribution in [-0.4, -0.2) is 37.2 Å². The molecule has 0 amide bonds. The van der Waals surface area contributed by atoms with E-state index in [1.54, 1.807) is 0 Å². The molecule has 7 nitrogen and oxygen atoms in total. The number of hydrogen-bond donors (Lipinski definition) is 2. The molecule has 0 bridgehead atoms. The number of allylic oxidation sites excluding steroid dienone is 1. The van der Waals surface area contributed by atoms with Crippen LogP contribution < -0.4 is 10.1 Å². The average molecular weight is 442 g/mol. The summed E-state index contributed by atoms with van der Waals surface area (Å²) in [5.74, 6) is 0.619. The Labute approximate surface area is 188 Å². The largest absolute Gasteiger partial charge is 0.493 e. The smallest absolute Gasteiger partial charge is 0.329 e. The van der Waals surface area contributed by atoms with E-state index in [0.29, 0.717) is 32.5 Å². The van der Waals surface area contributed by atoms with Crippen molar-refractivity contribution < 1.29 is 28.8 Å². The summed E-state index contributed by atoms with van der Waals surface area (Å²) in [6, 6.07) is 17.9. The molecule has 0 radical (unpaired) electrons. The zero-order valence-corrected chi connectivity index (χ0v) is 18.6. The third-order valence-electron chi connectivity index (χ3n) is 5.14. The fourth-order valence-electron chi connectivity index (χ4n) is 3.58. The number of carboxylic acids is 1. The van der Waals surface area contributed by atoms with E-state index in [4.69, 9.17) is 24.1 Å². The van der Waals surface area contributed by atoms with Crippen LogP contribution in [-0.2, 0) is 31.2 Å². The lowest BCUT2D eigenvalue weighted by Gasteiger charge is -2.30. The molecule has 1 aliphatic heterocycles. The van der Waals surface area contributed by atoms with Gasteiger partial charge in [-0.15, -0.1) is 0 Å². The first-order valence-corrected chi connectivity index (χ1v) is 10.9. The van der Waals surface area contributed by atoms with Crippen LogP contribution >= 0.6 is 0 Å². The van der Waals surface area contributed by atoms with Crippen molar-refractivity contribution >= 4 is 5.97 Å². The maximum Gasteiger partial charge on any atom is 0.329 e. The van der Waals surface area contributed by atoms with Crippen LogP contribution in [0.25, 0.3) is 0 Å². The highest BCUT2D eigenvalue weighted by Crippen LogP contribution is 2.33. The highest BCUT2D eigenvalue weighted by atomic mass is 16.7. The molecule has 2 atom stereocenters. The molecule has 7 heteroatoms. The van der Waals surface area contributed by atoms with E-state index in [9.17, 15) is 4.79 Å². The summed E-state index contributed by atoms with van der Waals surface area (Å²) in [5.41, 5.74) is 1.54. The maximum absolute atomic E-state index is 10.7. The fraction of sp³-hybridized carbons (Fsp3) is 0.400. The Morgan fingerprint density at radius 2 is 1.88 bits per heavy atom. The van der Waals surface area contributed by atoms with Crippen molar-refractivity contribution in [2.45, 2.75) is 45.1 Å². The van der Waals surface area contributed by atoms with Crippen molar-refractivity contribution in [3.05, 3.63) is 77.7 Å². The summed E-state index contributed by atoms with van der Waals surface area (Å²) in [6.45, 7) is 4.37. The minimum absolute atomic E-state index is 0.366. The van der Waals surface area contributed by atoms with Gasteiger partial charge in [0.2, 0.25) is 5.72 Å². The van der Waals surface area contributed by atoms with Gasteiger partial charge in [0.25, 0.3) is 0 Å². The van der Waals surface area contributed by atoms with Gasteiger partial charge in [-0.05, 0) is 38.0 Å². The Bertz CT molecular complexity index is 883. The minimum Gasteiger partial charge on any atom is -0.493 e. The summed E-state index contributed by atoms with van der Waals surface area (Å²) in [4.78, 5) is 10.7. The van der Waals surface area contributed by atoms with Crippen LogP contribution in [0.3, 0.4) is 0 Å². The molecule has 2 N–H and O–H groups in total. The number of ether oxygens (including phenoxy) is 4. The molecule has 1 aliphatic rings.